The molecule has 0 unspecified atom stereocenters. The predicted octanol–water partition coefficient (Wildman–Crippen LogP) is 3.48. The Bertz CT molecular complexity index is 659. The molecule has 22 heavy (non-hydrogen) atoms. The number of carbonyl (C=O) groups is 1. The minimum Gasteiger partial charge on any atom is -0.495 e. The topological polar surface area (TPSA) is 76.1 Å². The summed E-state index contributed by atoms with van der Waals surface area (Å²) in [5.41, 5.74) is 0.763. The van der Waals surface area contributed by atoms with Gasteiger partial charge in [0.05, 0.1) is 12.1 Å². The zero-order valence-corrected chi connectivity index (χ0v) is 13.3. The molecule has 2 aromatic rings. The van der Waals surface area contributed by atoms with Crippen molar-refractivity contribution in [1.29, 1.82) is 0 Å². The van der Waals surface area contributed by atoms with E-state index in [2.05, 4.69) is 20.8 Å². The molecule has 2 rings (SSSR count). The van der Waals surface area contributed by atoms with Crippen LogP contribution in [-0.2, 0) is 4.79 Å². The van der Waals surface area contributed by atoms with Gasteiger partial charge in [-0.05, 0) is 30.3 Å². The maximum absolute atomic E-state index is 11.6. The van der Waals surface area contributed by atoms with Crippen LogP contribution in [0.2, 0.25) is 5.02 Å². The van der Waals surface area contributed by atoms with E-state index in [1.165, 1.54) is 0 Å². The number of halogens is 1. The number of anilines is 3. The van der Waals surface area contributed by atoms with Crippen molar-refractivity contribution >= 4 is 34.8 Å². The van der Waals surface area contributed by atoms with Crippen molar-refractivity contribution in [1.82, 2.24) is 10.2 Å². The number of carbonyl (C=O) groups excluding carboxylic acids is 1. The molecule has 1 heterocycles. The SMILES string of the molecule is COc1ccc(Nc2ccc(NC(=O)C(C)C)nn2)cc1Cl. The molecule has 7 heteroatoms. The molecule has 0 bridgehead atoms. The van der Waals surface area contributed by atoms with Gasteiger partial charge < -0.3 is 15.4 Å². The monoisotopic (exact) mass is 320 g/mol. The summed E-state index contributed by atoms with van der Waals surface area (Å²) in [5, 5.41) is 14.2. The Labute approximate surface area is 133 Å². The lowest BCUT2D eigenvalue weighted by molar-refractivity contribution is -0.118. The minimum atomic E-state index is -0.110. The second-order valence-corrected chi connectivity index (χ2v) is 5.33. The number of hydrogen-bond acceptors (Lipinski definition) is 5. The average molecular weight is 321 g/mol. The van der Waals surface area contributed by atoms with Crippen LogP contribution in [0, 0.1) is 5.92 Å². The van der Waals surface area contributed by atoms with E-state index in [9.17, 15) is 4.79 Å². The zero-order valence-electron chi connectivity index (χ0n) is 12.6. The minimum absolute atomic E-state index is 0.100. The second-order valence-electron chi connectivity index (χ2n) is 4.92. The summed E-state index contributed by atoms with van der Waals surface area (Å²) < 4.78 is 5.09. The molecule has 0 saturated carbocycles. The highest BCUT2D eigenvalue weighted by molar-refractivity contribution is 6.32. The molecule has 0 spiro atoms. The third-order valence-electron chi connectivity index (χ3n) is 2.86. The molecule has 1 aromatic carbocycles. The molecule has 2 N–H and O–H groups in total. The van der Waals surface area contributed by atoms with E-state index in [4.69, 9.17) is 16.3 Å². The Kier molecular flexibility index (Phi) is 5.16. The lowest BCUT2D eigenvalue weighted by Crippen LogP contribution is -2.18. The molecule has 0 aliphatic rings. The van der Waals surface area contributed by atoms with E-state index < -0.39 is 0 Å². The number of nitrogens with zero attached hydrogens (tertiary/aromatic N) is 2. The largest absolute Gasteiger partial charge is 0.495 e. The number of ether oxygens (including phenoxy) is 1. The molecule has 0 fully saturated rings. The van der Waals surface area contributed by atoms with E-state index in [0.29, 0.717) is 22.4 Å². The molecule has 0 atom stereocenters. The van der Waals surface area contributed by atoms with Crippen LogP contribution in [0.5, 0.6) is 5.75 Å². The van der Waals surface area contributed by atoms with Crippen LogP contribution >= 0.6 is 11.6 Å². The van der Waals surface area contributed by atoms with Gasteiger partial charge in [0, 0.05) is 11.6 Å². The number of aromatic nitrogens is 2. The highest BCUT2D eigenvalue weighted by atomic mass is 35.5. The number of amides is 1. The van der Waals surface area contributed by atoms with Crippen LogP contribution in [0.4, 0.5) is 17.3 Å². The second kappa shape index (κ2) is 7.09. The van der Waals surface area contributed by atoms with Crippen molar-refractivity contribution < 1.29 is 9.53 Å². The predicted molar refractivity (Wildman–Crippen MR) is 86.8 cm³/mol. The van der Waals surface area contributed by atoms with Crippen molar-refractivity contribution in [2.45, 2.75) is 13.8 Å². The Morgan fingerprint density at radius 1 is 1.18 bits per heavy atom. The Morgan fingerprint density at radius 3 is 2.41 bits per heavy atom. The Balaban J connectivity index is 2.05. The third kappa shape index (κ3) is 4.08. The summed E-state index contributed by atoms with van der Waals surface area (Å²) in [6.45, 7) is 3.62. The summed E-state index contributed by atoms with van der Waals surface area (Å²) in [6.07, 6.45) is 0. The van der Waals surface area contributed by atoms with Gasteiger partial charge in [-0.15, -0.1) is 10.2 Å². The van der Waals surface area contributed by atoms with Gasteiger partial charge in [0.2, 0.25) is 5.91 Å². The van der Waals surface area contributed by atoms with Gasteiger partial charge in [-0.3, -0.25) is 4.79 Å². The third-order valence-corrected chi connectivity index (χ3v) is 3.16. The fourth-order valence-electron chi connectivity index (χ4n) is 1.63. The summed E-state index contributed by atoms with van der Waals surface area (Å²) >= 11 is 6.06. The number of methoxy groups -OCH3 is 1. The van der Waals surface area contributed by atoms with Crippen LogP contribution in [0.1, 0.15) is 13.8 Å². The molecule has 0 aliphatic heterocycles. The van der Waals surface area contributed by atoms with Crippen LogP contribution < -0.4 is 15.4 Å². The molecule has 6 nitrogen and oxygen atoms in total. The van der Waals surface area contributed by atoms with Crippen molar-refractivity contribution in [3.8, 4) is 5.75 Å². The maximum Gasteiger partial charge on any atom is 0.228 e. The van der Waals surface area contributed by atoms with E-state index in [1.54, 1.807) is 31.4 Å². The van der Waals surface area contributed by atoms with Crippen LogP contribution in [0.15, 0.2) is 30.3 Å². The Morgan fingerprint density at radius 2 is 1.86 bits per heavy atom. The molecule has 1 amide bonds. The number of rotatable bonds is 5. The van der Waals surface area contributed by atoms with E-state index in [1.807, 2.05) is 19.9 Å². The fraction of sp³-hybridized carbons (Fsp3) is 0.267. The van der Waals surface area contributed by atoms with Crippen molar-refractivity contribution in [3.63, 3.8) is 0 Å². The normalized spacial score (nSPS) is 10.4. The Hall–Kier alpha value is -2.34. The molecule has 0 aliphatic carbocycles. The van der Waals surface area contributed by atoms with Gasteiger partial charge >= 0.3 is 0 Å². The molecular formula is C15H17ClN4O2. The standard InChI is InChI=1S/C15H17ClN4O2/c1-9(2)15(21)18-14-7-6-13(19-20-14)17-10-4-5-12(22-3)11(16)8-10/h4-9H,1-3H3,(H,17,19)(H,18,20,21). The van der Waals surface area contributed by atoms with Gasteiger partial charge in [-0.2, -0.15) is 0 Å². The van der Waals surface area contributed by atoms with Gasteiger partial charge in [0.25, 0.3) is 0 Å². The number of hydrogen-bond donors (Lipinski definition) is 2. The van der Waals surface area contributed by atoms with Gasteiger partial charge in [-0.1, -0.05) is 25.4 Å². The summed E-state index contributed by atoms with van der Waals surface area (Å²) in [4.78, 5) is 11.6. The van der Waals surface area contributed by atoms with Crippen molar-refractivity contribution in [2.75, 3.05) is 17.7 Å². The molecule has 0 saturated heterocycles. The quantitative estimate of drug-likeness (QED) is 0.882. The summed E-state index contributed by atoms with van der Waals surface area (Å²) in [6, 6.07) is 8.72. The van der Waals surface area contributed by atoms with E-state index in [-0.39, 0.29) is 11.8 Å². The molecule has 1 aromatic heterocycles. The summed E-state index contributed by atoms with van der Waals surface area (Å²) in [5.74, 6) is 1.35. The highest BCUT2D eigenvalue weighted by Gasteiger charge is 2.08. The van der Waals surface area contributed by atoms with Crippen molar-refractivity contribution in [3.05, 3.63) is 35.4 Å². The van der Waals surface area contributed by atoms with E-state index in [0.717, 1.165) is 5.69 Å². The smallest absolute Gasteiger partial charge is 0.228 e. The first-order chi connectivity index (χ1) is 10.5. The fourth-order valence-corrected chi connectivity index (χ4v) is 1.89. The lowest BCUT2D eigenvalue weighted by Gasteiger charge is -2.09. The van der Waals surface area contributed by atoms with Gasteiger partial charge in [-0.25, -0.2) is 0 Å². The average Bonchev–Trinajstić information content (AvgIpc) is 2.49. The summed E-state index contributed by atoms with van der Waals surface area (Å²) in [7, 11) is 1.56. The highest BCUT2D eigenvalue weighted by Crippen LogP contribution is 2.28. The number of nitrogens with one attached hydrogen (secondary N) is 2. The maximum atomic E-state index is 11.6. The number of benzene rings is 1. The van der Waals surface area contributed by atoms with Crippen LogP contribution in [0.25, 0.3) is 0 Å². The van der Waals surface area contributed by atoms with Crippen LogP contribution in [-0.4, -0.2) is 23.2 Å². The molecule has 116 valence electrons. The van der Waals surface area contributed by atoms with Gasteiger partial charge in [0.15, 0.2) is 11.6 Å². The first-order valence-corrected chi connectivity index (χ1v) is 7.12. The van der Waals surface area contributed by atoms with Gasteiger partial charge in [0.1, 0.15) is 5.75 Å². The lowest BCUT2D eigenvalue weighted by atomic mass is 10.2. The zero-order chi connectivity index (χ0) is 16.1. The first kappa shape index (κ1) is 16.0. The van der Waals surface area contributed by atoms with E-state index >= 15 is 0 Å². The first-order valence-electron chi connectivity index (χ1n) is 6.74. The molecule has 0 radical (unpaired) electrons. The molecular weight excluding hydrogens is 304 g/mol. The van der Waals surface area contributed by atoms with Crippen LogP contribution in [0.3, 0.4) is 0 Å². The van der Waals surface area contributed by atoms with Crippen molar-refractivity contribution in [2.24, 2.45) is 5.92 Å².